The monoisotopic (exact) mass is 506 g/mol. The Bertz CT molecular complexity index is 1080. The molecule has 7 heteroatoms. The van der Waals surface area contributed by atoms with Crippen LogP contribution in [0.1, 0.15) is 72.9 Å². The minimum absolute atomic E-state index is 0.0771. The standard InChI is InChI=1S/C30H39FN4O2/c1-20-2-4-21(5-3-20)19-35(26-14-15-26)27-16-17-34(30(37)22-6-8-23(31)9-7-22)28(18-27)29(36)33-25-12-10-24(32)11-13-25/h2-9,24-28H,10-19,32H2,1H3,(H,33,36)/t24?,25?,27?,28-/m1/s1. The summed E-state index contributed by atoms with van der Waals surface area (Å²) in [6.45, 7) is 3.46. The van der Waals surface area contributed by atoms with Crippen LogP contribution in [-0.4, -0.2) is 58.4 Å². The predicted molar refractivity (Wildman–Crippen MR) is 142 cm³/mol. The molecule has 0 radical (unpaired) electrons. The highest BCUT2D eigenvalue weighted by Crippen LogP contribution is 2.35. The molecule has 2 saturated carbocycles. The summed E-state index contributed by atoms with van der Waals surface area (Å²) < 4.78 is 13.5. The maximum absolute atomic E-state index is 13.7. The molecule has 1 saturated heterocycles. The zero-order chi connectivity index (χ0) is 25.9. The van der Waals surface area contributed by atoms with Gasteiger partial charge in [-0.05, 0) is 88.1 Å². The molecule has 2 amide bonds. The third kappa shape index (κ3) is 6.39. The molecule has 3 fully saturated rings. The molecule has 198 valence electrons. The van der Waals surface area contributed by atoms with Gasteiger partial charge in [0.2, 0.25) is 5.91 Å². The van der Waals surface area contributed by atoms with E-state index in [2.05, 4.69) is 41.4 Å². The summed E-state index contributed by atoms with van der Waals surface area (Å²) in [6.07, 6.45) is 7.34. The van der Waals surface area contributed by atoms with Gasteiger partial charge in [-0.2, -0.15) is 0 Å². The van der Waals surface area contributed by atoms with Crippen LogP contribution in [0.3, 0.4) is 0 Å². The molecule has 2 atom stereocenters. The first-order valence-electron chi connectivity index (χ1n) is 13.8. The van der Waals surface area contributed by atoms with E-state index in [4.69, 9.17) is 5.73 Å². The molecule has 1 unspecified atom stereocenters. The second-order valence-corrected chi connectivity index (χ2v) is 11.2. The Balaban J connectivity index is 1.34. The number of nitrogens with two attached hydrogens (primary N) is 1. The lowest BCUT2D eigenvalue weighted by atomic mass is 9.90. The fraction of sp³-hybridized carbons (Fsp3) is 0.533. The largest absolute Gasteiger partial charge is 0.352 e. The number of amides is 2. The van der Waals surface area contributed by atoms with Gasteiger partial charge in [0.05, 0.1) is 0 Å². The third-order valence-corrected chi connectivity index (χ3v) is 8.32. The van der Waals surface area contributed by atoms with Gasteiger partial charge >= 0.3 is 0 Å². The van der Waals surface area contributed by atoms with E-state index in [1.165, 1.54) is 48.2 Å². The normalized spacial score (nSPS) is 26.2. The molecule has 0 bridgehead atoms. The third-order valence-electron chi connectivity index (χ3n) is 8.32. The molecule has 0 spiro atoms. The van der Waals surface area contributed by atoms with Gasteiger partial charge in [0.25, 0.3) is 5.91 Å². The molecule has 1 heterocycles. The first kappa shape index (κ1) is 25.9. The van der Waals surface area contributed by atoms with Crippen molar-refractivity contribution >= 4 is 11.8 Å². The van der Waals surface area contributed by atoms with Gasteiger partial charge in [0, 0.05) is 42.8 Å². The summed E-state index contributed by atoms with van der Waals surface area (Å²) in [5, 5.41) is 3.25. The van der Waals surface area contributed by atoms with Crippen molar-refractivity contribution in [3.8, 4) is 0 Å². The first-order valence-corrected chi connectivity index (χ1v) is 13.8. The molecule has 0 aromatic heterocycles. The Morgan fingerprint density at radius 2 is 1.62 bits per heavy atom. The molecule has 2 aromatic carbocycles. The predicted octanol–water partition coefficient (Wildman–Crippen LogP) is 4.16. The van der Waals surface area contributed by atoms with Gasteiger partial charge in [0.15, 0.2) is 0 Å². The summed E-state index contributed by atoms with van der Waals surface area (Å²) in [5.74, 6) is -0.663. The Labute approximate surface area is 219 Å². The smallest absolute Gasteiger partial charge is 0.254 e. The van der Waals surface area contributed by atoms with Crippen molar-refractivity contribution in [2.24, 2.45) is 5.73 Å². The van der Waals surface area contributed by atoms with Crippen LogP contribution in [0.2, 0.25) is 0 Å². The van der Waals surface area contributed by atoms with Crippen LogP contribution >= 0.6 is 0 Å². The fourth-order valence-electron chi connectivity index (χ4n) is 5.93. The second kappa shape index (κ2) is 11.3. The molecule has 2 aromatic rings. The fourth-order valence-corrected chi connectivity index (χ4v) is 5.93. The van der Waals surface area contributed by atoms with Crippen molar-refractivity contribution in [1.29, 1.82) is 0 Å². The van der Waals surface area contributed by atoms with E-state index in [-0.39, 0.29) is 35.8 Å². The summed E-state index contributed by atoms with van der Waals surface area (Å²) in [6, 6.07) is 14.8. The van der Waals surface area contributed by atoms with Crippen LogP contribution < -0.4 is 11.1 Å². The highest BCUT2D eigenvalue weighted by molar-refractivity contribution is 5.97. The topological polar surface area (TPSA) is 78.7 Å². The molecule has 1 aliphatic heterocycles. The second-order valence-electron chi connectivity index (χ2n) is 11.2. The van der Waals surface area contributed by atoms with Crippen LogP contribution in [0.25, 0.3) is 0 Å². The Kier molecular flexibility index (Phi) is 7.91. The van der Waals surface area contributed by atoms with Crippen LogP contribution in [0.5, 0.6) is 0 Å². The number of halogens is 1. The molecule has 37 heavy (non-hydrogen) atoms. The zero-order valence-electron chi connectivity index (χ0n) is 21.7. The number of nitrogens with one attached hydrogen (secondary N) is 1. The van der Waals surface area contributed by atoms with Crippen LogP contribution in [0.15, 0.2) is 48.5 Å². The van der Waals surface area contributed by atoms with E-state index in [1.807, 2.05) is 0 Å². The van der Waals surface area contributed by atoms with E-state index < -0.39 is 6.04 Å². The first-order chi connectivity index (χ1) is 17.9. The van der Waals surface area contributed by atoms with Crippen molar-refractivity contribution in [3.05, 3.63) is 71.0 Å². The average molecular weight is 507 g/mol. The Morgan fingerprint density at radius 3 is 2.27 bits per heavy atom. The highest BCUT2D eigenvalue weighted by atomic mass is 19.1. The Hall–Kier alpha value is -2.77. The van der Waals surface area contributed by atoms with E-state index in [0.717, 1.165) is 38.6 Å². The molecule has 6 nitrogen and oxygen atoms in total. The summed E-state index contributed by atoms with van der Waals surface area (Å²) in [7, 11) is 0. The van der Waals surface area contributed by atoms with Gasteiger partial charge in [-0.3, -0.25) is 14.5 Å². The lowest BCUT2D eigenvalue weighted by Crippen LogP contribution is -2.58. The van der Waals surface area contributed by atoms with Crippen LogP contribution in [0, 0.1) is 12.7 Å². The quantitative estimate of drug-likeness (QED) is 0.591. The molecule has 3 N–H and O–H groups in total. The lowest BCUT2D eigenvalue weighted by Gasteiger charge is -2.43. The average Bonchev–Trinajstić information content (AvgIpc) is 3.75. The maximum Gasteiger partial charge on any atom is 0.254 e. The number of rotatable bonds is 7. The number of piperidine rings is 1. The number of carbonyl (C=O) groups excluding carboxylic acids is 2. The number of aryl methyl sites for hydroxylation is 1. The van der Waals surface area contributed by atoms with E-state index in [1.54, 1.807) is 4.90 Å². The SMILES string of the molecule is Cc1ccc(CN(C2CC2)C2CCN(C(=O)c3ccc(F)cc3)[C@@H](C(=O)NC3CCC(N)CC3)C2)cc1. The number of hydrogen-bond acceptors (Lipinski definition) is 4. The van der Waals surface area contributed by atoms with Crippen LogP contribution in [-0.2, 0) is 11.3 Å². The molecule has 3 aliphatic rings. The highest BCUT2D eigenvalue weighted by Gasteiger charge is 2.42. The van der Waals surface area contributed by atoms with Crippen molar-refractivity contribution < 1.29 is 14.0 Å². The van der Waals surface area contributed by atoms with E-state index in [9.17, 15) is 14.0 Å². The van der Waals surface area contributed by atoms with Crippen molar-refractivity contribution in [3.63, 3.8) is 0 Å². The van der Waals surface area contributed by atoms with Gasteiger partial charge in [-0.1, -0.05) is 29.8 Å². The number of benzene rings is 2. The van der Waals surface area contributed by atoms with Crippen molar-refractivity contribution in [1.82, 2.24) is 15.1 Å². The molecular formula is C30H39FN4O2. The van der Waals surface area contributed by atoms with Gasteiger partial charge in [-0.25, -0.2) is 4.39 Å². The van der Waals surface area contributed by atoms with E-state index >= 15 is 0 Å². The maximum atomic E-state index is 13.7. The minimum Gasteiger partial charge on any atom is -0.352 e. The molecular weight excluding hydrogens is 467 g/mol. The zero-order valence-corrected chi connectivity index (χ0v) is 21.7. The number of likely N-dealkylation sites (tertiary alicyclic amines) is 1. The summed E-state index contributed by atoms with van der Waals surface area (Å²) in [5.41, 5.74) is 9.01. The van der Waals surface area contributed by atoms with Gasteiger partial charge < -0.3 is 16.0 Å². The van der Waals surface area contributed by atoms with Crippen LogP contribution in [0.4, 0.5) is 4.39 Å². The molecule has 2 aliphatic carbocycles. The Morgan fingerprint density at radius 1 is 0.946 bits per heavy atom. The summed E-state index contributed by atoms with van der Waals surface area (Å²) >= 11 is 0. The van der Waals surface area contributed by atoms with Gasteiger partial charge in [0.1, 0.15) is 11.9 Å². The number of carbonyl (C=O) groups is 2. The summed E-state index contributed by atoms with van der Waals surface area (Å²) in [4.78, 5) is 31.5. The number of hydrogen-bond donors (Lipinski definition) is 2. The number of nitrogens with zero attached hydrogens (tertiary/aromatic N) is 2. The molecule has 5 rings (SSSR count). The van der Waals surface area contributed by atoms with Crippen molar-refractivity contribution in [2.75, 3.05) is 6.54 Å². The van der Waals surface area contributed by atoms with Crippen molar-refractivity contribution in [2.45, 2.75) is 95.0 Å². The van der Waals surface area contributed by atoms with Gasteiger partial charge in [-0.15, -0.1) is 0 Å². The van der Waals surface area contributed by atoms with E-state index in [0.29, 0.717) is 24.6 Å². The minimum atomic E-state index is -0.550. The lowest BCUT2D eigenvalue weighted by molar-refractivity contribution is -0.128.